The highest BCUT2D eigenvalue weighted by molar-refractivity contribution is 6.83. The van der Waals surface area contributed by atoms with Crippen molar-refractivity contribution in [2.75, 3.05) is 0 Å². The highest BCUT2D eigenvalue weighted by atomic mass is 28.3. The minimum atomic E-state index is -1.60. The molecule has 0 bridgehead atoms. The van der Waals surface area contributed by atoms with E-state index in [1.807, 2.05) is 6.07 Å². The summed E-state index contributed by atoms with van der Waals surface area (Å²) in [6.45, 7) is 6.38. The molecule has 3 rings (SSSR count). The maximum Gasteiger partial charge on any atom is 0.254 e. The average molecular weight is 386 g/mol. The van der Waals surface area contributed by atoms with Crippen LogP contribution in [-0.2, 0) is 7.05 Å². The van der Waals surface area contributed by atoms with Gasteiger partial charge in [-0.05, 0) is 48.6 Å². The Bertz CT molecular complexity index is 975. The van der Waals surface area contributed by atoms with Gasteiger partial charge < -0.3 is 4.57 Å². The van der Waals surface area contributed by atoms with Crippen molar-refractivity contribution in [3.8, 4) is 11.5 Å². The standard InChI is InChI=1S/C22H25F2NOSi/c1-25-21(15-7-8-15)12-10-18(22(25)26)17(6-5-13-27(2,3)4)19-14-16(23)9-11-20(19)24/h9-12,14-15,17H,6-8H2,1-4H3. The smallest absolute Gasteiger partial charge is 0.254 e. The van der Waals surface area contributed by atoms with Crippen molar-refractivity contribution in [2.24, 2.45) is 7.05 Å². The number of nitrogens with zero attached hydrogens (tertiary/aromatic N) is 1. The van der Waals surface area contributed by atoms with Gasteiger partial charge in [0.25, 0.3) is 5.56 Å². The van der Waals surface area contributed by atoms with Crippen LogP contribution in [0.3, 0.4) is 0 Å². The normalized spacial score (nSPS) is 15.2. The maximum atomic E-state index is 14.5. The van der Waals surface area contributed by atoms with Gasteiger partial charge in [-0.25, -0.2) is 8.78 Å². The Morgan fingerprint density at radius 3 is 2.48 bits per heavy atom. The number of hydrogen-bond donors (Lipinski definition) is 0. The molecule has 27 heavy (non-hydrogen) atoms. The molecule has 1 fully saturated rings. The van der Waals surface area contributed by atoms with Crippen molar-refractivity contribution in [1.82, 2.24) is 4.57 Å². The molecule has 2 nitrogen and oxygen atoms in total. The fourth-order valence-corrected chi connectivity index (χ4v) is 3.94. The van der Waals surface area contributed by atoms with Crippen LogP contribution in [0.2, 0.25) is 19.6 Å². The molecule has 1 aliphatic rings. The molecule has 0 spiro atoms. The third-order valence-corrected chi connectivity index (χ3v) is 5.77. The van der Waals surface area contributed by atoms with E-state index in [-0.39, 0.29) is 11.1 Å². The topological polar surface area (TPSA) is 22.0 Å². The van der Waals surface area contributed by atoms with E-state index in [0.717, 1.165) is 30.7 Å². The van der Waals surface area contributed by atoms with Gasteiger partial charge in [0.1, 0.15) is 19.7 Å². The second kappa shape index (κ2) is 7.44. The molecule has 0 aliphatic heterocycles. The van der Waals surface area contributed by atoms with Crippen molar-refractivity contribution in [2.45, 2.75) is 50.7 Å². The van der Waals surface area contributed by atoms with Gasteiger partial charge in [0.05, 0.1) is 0 Å². The van der Waals surface area contributed by atoms with Crippen molar-refractivity contribution in [1.29, 1.82) is 0 Å². The average Bonchev–Trinajstić information content (AvgIpc) is 3.41. The van der Waals surface area contributed by atoms with Gasteiger partial charge in [0.2, 0.25) is 0 Å². The molecule has 1 aromatic carbocycles. The summed E-state index contributed by atoms with van der Waals surface area (Å²) in [6.07, 6.45) is 2.48. The first kappa shape index (κ1) is 19.6. The van der Waals surface area contributed by atoms with Crippen molar-refractivity contribution in [3.63, 3.8) is 0 Å². The molecule has 1 aliphatic carbocycles. The Labute approximate surface area is 160 Å². The van der Waals surface area contributed by atoms with E-state index in [1.54, 1.807) is 17.7 Å². The van der Waals surface area contributed by atoms with E-state index in [9.17, 15) is 13.6 Å². The van der Waals surface area contributed by atoms with E-state index < -0.39 is 25.6 Å². The molecule has 1 aromatic heterocycles. The van der Waals surface area contributed by atoms with Crippen molar-refractivity contribution in [3.05, 3.63) is 69.1 Å². The number of aromatic nitrogens is 1. The highest BCUT2D eigenvalue weighted by Gasteiger charge is 2.28. The molecule has 0 saturated heterocycles. The Hall–Kier alpha value is -2.19. The Balaban J connectivity index is 2.09. The zero-order valence-electron chi connectivity index (χ0n) is 16.3. The van der Waals surface area contributed by atoms with Gasteiger partial charge in [-0.2, -0.15) is 0 Å². The summed E-state index contributed by atoms with van der Waals surface area (Å²) in [6, 6.07) is 7.13. The first-order chi connectivity index (χ1) is 12.7. The van der Waals surface area contributed by atoms with Gasteiger partial charge in [0.15, 0.2) is 0 Å². The van der Waals surface area contributed by atoms with Crippen LogP contribution in [0.5, 0.6) is 0 Å². The predicted octanol–water partition coefficient (Wildman–Crippen LogP) is 4.94. The SMILES string of the molecule is Cn1c(C2CC2)ccc(C(CC#C[Si](C)(C)C)c2cc(F)ccc2F)c1=O. The van der Waals surface area contributed by atoms with Crippen LogP contribution < -0.4 is 5.56 Å². The number of halogens is 2. The minimum absolute atomic E-state index is 0.150. The molecular formula is C22H25F2NOSi. The zero-order valence-corrected chi connectivity index (χ0v) is 17.3. The summed E-state index contributed by atoms with van der Waals surface area (Å²) in [5, 5.41) is 0. The molecule has 0 amide bonds. The second-order valence-corrected chi connectivity index (χ2v) is 13.1. The first-order valence-corrected chi connectivity index (χ1v) is 12.8. The lowest BCUT2D eigenvalue weighted by atomic mass is 9.88. The maximum absolute atomic E-state index is 14.5. The van der Waals surface area contributed by atoms with E-state index >= 15 is 0 Å². The molecular weight excluding hydrogens is 360 g/mol. The lowest BCUT2D eigenvalue weighted by molar-refractivity contribution is 0.573. The van der Waals surface area contributed by atoms with Crippen LogP contribution in [0, 0.1) is 23.1 Å². The summed E-state index contributed by atoms with van der Waals surface area (Å²) in [7, 11) is 0.153. The minimum Gasteiger partial charge on any atom is -0.315 e. The third kappa shape index (κ3) is 4.56. The summed E-state index contributed by atoms with van der Waals surface area (Å²) in [4.78, 5) is 13.0. The van der Waals surface area contributed by atoms with Crippen LogP contribution in [0.1, 0.15) is 47.9 Å². The Morgan fingerprint density at radius 1 is 1.15 bits per heavy atom. The van der Waals surface area contributed by atoms with Crippen LogP contribution in [-0.4, -0.2) is 12.6 Å². The molecule has 142 valence electrons. The second-order valence-electron chi connectivity index (χ2n) is 8.33. The van der Waals surface area contributed by atoms with Crippen LogP contribution >= 0.6 is 0 Å². The fourth-order valence-electron chi connectivity index (χ4n) is 3.31. The quantitative estimate of drug-likeness (QED) is 0.539. The van der Waals surface area contributed by atoms with Gasteiger partial charge in [-0.3, -0.25) is 4.79 Å². The molecule has 1 unspecified atom stereocenters. The van der Waals surface area contributed by atoms with Gasteiger partial charge in [-0.1, -0.05) is 25.7 Å². The lowest BCUT2D eigenvalue weighted by Gasteiger charge is -2.18. The molecule has 1 saturated carbocycles. The van der Waals surface area contributed by atoms with Gasteiger partial charge in [-0.15, -0.1) is 11.5 Å². The molecule has 2 aromatic rings. The molecule has 0 N–H and O–H groups in total. The highest BCUT2D eigenvalue weighted by Crippen LogP contribution is 2.39. The van der Waals surface area contributed by atoms with E-state index in [0.29, 0.717) is 17.9 Å². The summed E-state index contributed by atoms with van der Waals surface area (Å²) < 4.78 is 30.0. The summed E-state index contributed by atoms with van der Waals surface area (Å²) in [5.74, 6) is 1.97. The van der Waals surface area contributed by atoms with E-state index in [1.165, 1.54) is 6.07 Å². The first-order valence-electron chi connectivity index (χ1n) is 9.32. The number of benzene rings is 1. The molecule has 1 heterocycles. The predicted molar refractivity (Wildman–Crippen MR) is 108 cm³/mol. The number of rotatable bonds is 4. The van der Waals surface area contributed by atoms with Gasteiger partial charge in [0, 0.05) is 30.6 Å². The molecule has 0 radical (unpaired) electrons. The largest absolute Gasteiger partial charge is 0.315 e. The van der Waals surface area contributed by atoms with Crippen molar-refractivity contribution >= 4 is 8.07 Å². The fraction of sp³-hybridized carbons (Fsp3) is 0.409. The summed E-state index contributed by atoms with van der Waals surface area (Å²) >= 11 is 0. The van der Waals surface area contributed by atoms with Crippen molar-refractivity contribution < 1.29 is 8.78 Å². The van der Waals surface area contributed by atoms with Crippen LogP contribution in [0.15, 0.2) is 35.1 Å². The zero-order chi connectivity index (χ0) is 19.8. The van der Waals surface area contributed by atoms with Crippen LogP contribution in [0.4, 0.5) is 8.78 Å². The monoisotopic (exact) mass is 385 g/mol. The third-order valence-electron chi connectivity index (χ3n) is 4.85. The Kier molecular flexibility index (Phi) is 5.39. The summed E-state index contributed by atoms with van der Waals surface area (Å²) in [5.41, 5.74) is 4.78. The Morgan fingerprint density at radius 2 is 1.85 bits per heavy atom. The molecule has 1 atom stereocenters. The van der Waals surface area contributed by atoms with Gasteiger partial charge >= 0.3 is 0 Å². The number of hydrogen-bond acceptors (Lipinski definition) is 1. The van der Waals surface area contributed by atoms with E-state index in [4.69, 9.17) is 0 Å². The number of pyridine rings is 1. The lowest BCUT2D eigenvalue weighted by Crippen LogP contribution is -2.26. The van der Waals surface area contributed by atoms with Crippen LogP contribution in [0.25, 0.3) is 0 Å². The molecule has 5 heteroatoms. The van der Waals surface area contributed by atoms with E-state index in [2.05, 4.69) is 31.1 Å².